The second-order valence-corrected chi connectivity index (χ2v) is 5.97. The van der Waals surface area contributed by atoms with E-state index in [-0.39, 0.29) is 10.5 Å². The third kappa shape index (κ3) is 2.71. The molecule has 0 aliphatic carbocycles. The number of benzene rings is 2. The van der Waals surface area contributed by atoms with Crippen molar-refractivity contribution in [2.24, 2.45) is 5.14 Å². The number of hydrogen-bond donors (Lipinski definition) is 2. The molecule has 20 heavy (non-hydrogen) atoms. The first-order valence-corrected chi connectivity index (χ1v) is 7.38. The average molecular weight is 290 g/mol. The molecule has 0 unspecified atom stereocenters. The van der Waals surface area contributed by atoms with E-state index in [0.717, 1.165) is 5.56 Å². The second-order valence-electron chi connectivity index (χ2n) is 4.44. The predicted octanol–water partition coefficient (Wildman–Crippen LogP) is 1.46. The van der Waals surface area contributed by atoms with E-state index in [0.29, 0.717) is 11.3 Å². The van der Waals surface area contributed by atoms with E-state index in [1.165, 1.54) is 18.2 Å². The molecule has 0 bridgehead atoms. The normalized spacial score (nSPS) is 11.3. The highest BCUT2D eigenvalue weighted by atomic mass is 32.2. The Kier molecular flexibility index (Phi) is 3.61. The molecule has 0 saturated heterocycles. The van der Waals surface area contributed by atoms with Crippen molar-refractivity contribution in [2.45, 2.75) is 11.8 Å². The highest BCUT2D eigenvalue weighted by molar-refractivity contribution is 7.89. The molecule has 2 rings (SSSR count). The number of primary sulfonamides is 1. The van der Waals surface area contributed by atoms with E-state index in [1.807, 2.05) is 0 Å². The van der Waals surface area contributed by atoms with Crippen LogP contribution >= 0.6 is 0 Å². The zero-order valence-corrected chi connectivity index (χ0v) is 11.6. The minimum absolute atomic E-state index is 0.0122. The summed E-state index contributed by atoms with van der Waals surface area (Å²) in [6.45, 7) is 1.77. The number of anilines is 1. The lowest BCUT2D eigenvalue weighted by Gasteiger charge is -2.09. The quantitative estimate of drug-likeness (QED) is 0.659. The van der Waals surface area contributed by atoms with Gasteiger partial charge in [-0.2, -0.15) is 0 Å². The third-order valence-electron chi connectivity index (χ3n) is 2.94. The molecule has 0 heterocycles. The van der Waals surface area contributed by atoms with Crippen molar-refractivity contribution in [1.82, 2.24) is 0 Å². The summed E-state index contributed by atoms with van der Waals surface area (Å²) >= 11 is 0. The standard InChI is InChI=1S/C14H14N2O3S/c1-9-4-2-3-5-11(9)14(17)12-8-10(15)6-7-13(12)20(16,18)19/h2-8H,15H2,1H3,(H2,16,18,19). The molecule has 104 valence electrons. The highest BCUT2D eigenvalue weighted by Gasteiger charge is 2.21. The van der Waals surface area contributed by atoms with Gasteiger partial charge in [0.1, 0.15) is 0 Å². The minimum atomic E-state index is -3.99. The number of sulfonamides is 1. The van der Waals surface area contributed by atoms with Gasteiger partial charge in [-0.05, 0) is 30.7 Å². The van der Waals surface area contributed by atoms with Crippen molar-refractivity contribution in [1.29, 1.82) is 0 Å². The molecule has 0 amide bonds. The third-order valence-corrected chi connectivity index (χ3v) is 3.91. The lowest BCUT2D eigenvalue weighted by atomic mass is 9.99. The van der Waals surface area contributed by atoms with E-state index in [9.17, 15) is 13.2 Å². The molecule has 0 spiro atoms. The Bertz CT molecular complexity index is 783. The molecular weight excluding hydrogens is 276 g/mol. The van der Waals surface area contributed by atoms with E-state index in [1.54, 1.807) is 31.2 Å². The first-order chi connectivity index (χ1) is 9.30. The number of aryl methyl sites for hydroxylation is 1. The zero-order valence-electron chi connectivity index (χ0n) is 10.8. The lowest BCUT2D eigenvalue weighted by molar-refractivity contribution is 0.103. The fourth-order valence-electron chi connectivity index (χ4n) is 1.95. The van der Waals surface area contributed by atoms with E-state index in [4.69, 9.17) is 10.9 Å². The summed E-state index contributed by atoms with van der Waals surface area (Å²) < 4.78 is 23.1. The van der Waals surface area contributed by atoms with Crippen LogP contribution in [0.2, 0.25) is 0 Å². The largest absolute Gasteiger partial charge is 0.399 e. The van der Waals surface area contributed by atoms with Crippen LogP contribution in [0.1, 0.15) is 21.5 Å². The fraction of sp³-hybridized carbons (Fsp3) is 0.0714. The van der Waals surface area contributed by atoms with Crippen molar-refractivity contribution >= 4 is 21.5 Å². The molecule has 0 aliphatic heterocycles. The van der Waals surface area contributed by atoms with Gasteiger partial charge in [-0.3, -0.25) is 4.79 Å². The van der Waals surface area contributed by atoms with E-state index in [2.05, 4.69) is 0 Å². The molecule has 2 aromatic rings. The number of ketones is 1. The Morgan fingerprint density at radius 2 is 1.70 bits per heavy atom. The van der Waals surface area contributed by atoms with Crippen LogP contribution < -0.4 is 10.9 Å². The minimum Gasteiger partial charge on any atom is -0.399 e. The van der Waals surface area contributed by atoms with Crippen molar-refractivity contribution in [2.75, 3.05) is 5.73 Å². The van der Waals surface area contributed by atoms with Gasteiger partial charge < -0.3 is 5.73 Å². The molecule has 0 radical (unpaired) electrons. The number of carbonyl (C=O) groups is 1. The monoisotopic (exact) mass is 290 g/mol. The second kappa shape index (κ2) is 5.07. The molecule has 6 heteroatoms. The molecule has 5 nitrogen and oxygen atoms in total. The summed E-state index contributed by atoms with van der Waals surface area (Å²) in [5, 5.41) is 5.14. The van der Waals surface area contributed by atoms with Crippen LogP contribution in [0, 0.1) is 6.92 Å². The van der Waals surface area contributed by atoms with Gasteiger partial charge >= 0.3 is 0 Å². The lowest BCUT2D eigenvalue weighted by Crippen LogP contribution is -2.18. The van der Waals surface area contributed by atoms with Crippen molar-refractivity contribution in [3.63, 3.8) is 0 Å². The van der Waals surface area contributed by atoms with Crippen LogP contribution in [-0.4, -0.2) is 14.2 Å². The Morgan fingerprint density at radius 3 is 2.30 bits per heavy atom. The van der Waals surface area contributed by atoms with E-state index < -0.39 is 15.8 Å². The smallest absolute Gasteiger partial charge is 0.238 e. The molecule has 0 atom stereocenters. The maximum absolute atomic E-state index is 12.5. The molecular formula is C14H14N2O3S. The van der Waals surface area contributed by atoms with Gasteiger partial charge in [0, 0.05) is 16.8 Å². The maximum Gasteiger partial charge on any atom is 0.238 e. The van der Waals surface area contributed by atoms with Gasteiger partial charge in [0.25, 0.3) is 0 Å². The van der Waals surface area contributed by atoms with Gasteiger partial charge in [-0.15, -0.1) is 0 Å². The van der Waals surface area contributed by atoms with Crippen LogP contribution in [0.3, 0.4) is 0 Å². The first kappa shape index (κ1) is 14.2. The van der Waals surface area contributed by atoms with E-state index >= 15 is 0 Å². The number of nitrogen functional groups attached to an aromatic ring is 1. The van der Waals surface area contributed by atoms with Crippen LogP contribution in [-0.2, 0) is 10.0 Å². The SMILES string of the molecule is Cc1ccccc1C(=O)c1cc(N)ccc1S(N)(=O)=O. The number of rotatable bonds is 3. The number of nitrogens with two attached hydrogens (primary N) is 2. The Hall–Kier alpha value is -2.18. The predicted molar refractivity (Wildman–Crippen MR) is 76.8 cm³/mol. The zero-order chi connectivity index (χ0) is 14.9. The summed E-state index contributed by atoms with van der Waals surface area (Å²) in [4.78, 5) is 12.3. The Balaban J connectivity index is 2.67. The van der Waals surface area contributed by atoms with Crippen LogP contribution in [0.5, 0.6) is 0 Å². The van der Waals surface area contributed by atoms with Gasteiger partial charge in [0.2, 0.25) is 10.0 Å². The highest BCUT2D eigenvalue weighted by Crippen LogP contribution is 2.22. The number of carbonyl (C=O) groups excluding carboxylic acids is 1. The van der Waals surface area contributed by atoms with Gasteiger partial charge in [-0.25, -0.2) is 13.6 Å². The van der Waals surface area contributed by atoms with Gasteiger partial charge in [-0.1, -0.05) is 24.3 Å². The summed E-state index contributed by atoms with van der Waals surface area (Å²) in [6, 6.07) is 10.9. The topological polar surface area (TPSA) is 103 Å². The summed E-state index contributed by atoms with van der Waals surface area (Å²) in [6.07, 6.45) is 0. The molecule has 4 N–H and O–H groups in total. The van der Waals surface area contributed by atoms with Crippen molar-refractivity contribution in [3.8, 4) is 0 Å². The number of hydrogen-bond acceptors (Lipinski definition) is 4. The first-order valence-electron chi connectivity index (χ1n) is 5.83. The van der Waals surface area contributed by atoms with Gasteiger partial charge in [0.15, 0.2) is 5.78 Å². The average Bonchev–Trinajstić information content (AvgIpc) is 2.37. The summed E-state index contributed by atoms with van der Waals surface area (Å²) in [7, 11) is -3.99. The van der Waals surface area contributed by atoms with Crippen molar-refractivity contribution < 1.29 is 13.2 Å². The van der Waals surface area contributed by atoms with Crippen molar-refractivity contribution in [3.05, 3.63) is 59.2 Å². The summed E-state index contributed by atoms with van der Waals surface area (Å²) in [5.41, 5.74) is 7.09. The van der Waals surface area contributed by atoms with Crippen LogP contribution in [0.15, 0.2) is 47.4 Å². The van der Waals surface area contributed by atoms with Crippen LogP contribution in [0.4, 0.5) is 5.69 Å². The molecule has 0 aliphatic rings. The molecule has 0 fully saturated rings. The van der Waals surface area contributed by atoms with Crippen LogP contribution in [0.25, 0.3) is 0 Å². The van der Waals surface area contributed by atoms with Gasteiger partial charge in [0.05, 0.1) is 4.90 Å². The Labute approximate surface area is 117 Å². The summed E-state index contributed by atoms with van der Waals surface area (Å²) in [5.74, 6) is -0.417. The molecule has 0 aromatic heterocycles. The molecule has 0 saturated carbocycles. The Morgan fingerprint density at radius 1 is 1.05 bits per heavy atom. The fourth-order valence-corrected chi connectivity index (χ4v) is 2.66. The maximum atomic E-state index is 12.5. The molecule has 2 aromatic carbocycles.